The molecule has 1 aromatic rings. The number of nitrogens with one attached hydrogen (secondary N) is 1. The van der Waals surface area contributed by atoms with Crippen LogP contribution in [0.4, 0.5) is 0 Å². The Morgan fingerprint density at radius 3 is 2.70 bits per heavy atom. The molecule has 0 aromatic heterocycles. The van der Waals surface area contributed by atoms with Crippen molar-refractivity contribution in [2.75, 3.05) is 33.8 Å². The summed E-state index contributed by atoms with van der Waals surface area (Å²) in [4.78, 5) is 14.7. The van der Waals surface area contributed by atoms with E-state index in [1.54, 1.807) is 7.11 Å². The van der Waals surface area contributed by atoms with Crippen LogP contribution in [-0.4, -0.2) is 44.6 Å². The van der Waals surface area contributed by atoms with Crippen LogP contribution in [0.15, 0.2) is 24.3 Å². The third kappa shape index (κ3) is 5.40. The largest absolute Gasteiger partial charge is 0.497 e. The van der Waals surface area contributed by atoms with Gasteiger partial charge in [0.05, 0.1) is 13.0 Å². The Kier molecular flexibility index (Phi) is 8.42. The van der Waals surface area contributed by atoms with Crippen LogP contribution < -0.4 is 10.1 Å². The summed E-state index contributed by atoms with van der Waals surface area (Å²) in [6, 6.07) is 7.82. The normalized spacial score (nSPS) is 16.6. The first kappa shape index (κ1) is 19.8. The molecule has 1 saturated heterocycles. The van der Waals surface area contributed by atoms with Crippen molar-refractivity contribution in [3.05, 3.63) is 29.8 Å². The van der Waals surface area contributed by atoms with E-state index in [1.807, 2.05) is 43.1 Å². The highest BCUT2D eigenvalue weighted by molar-refractivity contribution is 5.85. The van der Waals surface area contributed by atoms with E-state index < -0.39 is 0 Å². The number of ether oxygens (including phenoxy) is 1. The molecule has 1 amide bonds. The summed E-state index contributed by atoms with van der Waals surface area (Å²) in [5, 5.41) is 3.21. The van der Waals surface area contributed by atoms with Gasteiger partial charge in [-0.15, -0.1) is 12.4 Å². The summed E-state index contributed by atoms with van der Waals surface area (Å²) < 4.78 is 5.25. The Morgan fingerprint density at radius 2 is 2.09 bits per heavy atom. The number of carbonyl (C=O) groups excluding carboxylic acids is 1. The molecule has 2 rings (SSSR count). The average Bonchev–Trinajstić information content (AvgIpc) is 2.59. The zero-order chi connectivity index (χ0) is 15.9. The van der Waals surface area contributed by atoms with E-state index in [1.165, 1.54) is 6.42 Å². The van der Waals surface area contributed by atoms with Gasteiger partial charge in [0, 0.05) is 13.1 Å². The summed E-state index contributed by atoms with van der Waals surface area (Å²) >= 11 is 0. The first-order valence-electron chi connectivity index (χ1n) is 8.23. The van der Waals surface area contributed by atoms with Crippen molar-refractivity contribution in [3.63, 3.8) is 0 Å². The maximum absolute atomic E-state index is 12.7. The summed E-state index contributed by atoms with van der Waals surface area (Å²) in [6.07, 6.45) is 3.46. The minimum atomic E-state index is -0.107. The second kappa shape index (κ2) is 9.78. The van der Waals surface area contributed by atoms with Crippen molar-refractivity contribution < 1.29 is 9.53 Å². The standard InChI is InChI=1S/C18H28N2O2.ClH/c1-14(16-5-4-6-17(13-16)22-3)18(21)20-11-8-15(9-12-20)7-10-19-2;/h4-6,13-15,19H,7-12H2,1-3H3;1H. The van der Waals surface area contributed by atoms with Gasteiger partial charge in [-0.3, -0.25) is 4.79 Å². The molecule has 1 unspecified atom stereocenters. The van der Waals surface area contributed by atoms with Gasteiger partial charge in [0.2, 0.25) is 5.91 Å². The first-order chi connectivity index (χ1) is 10.7. The number of halogens is 1. The predicted octanol–water partition coefficient (Wildman–Crippen LogP) is 3.07. The fourth-order valence-corrected chi connectivity index (χ4v) is 3.12. The van der Waals surface area contributed by atoms with Gasteiger partial charge in [0.25, 0.3) is 0 Å². The average molecular weight is 341 g/mol. The highest BCUT2D eigenvalue weighted by Gasteiger charge is 2.26. The van der Waals surface area contributed by atoms with Crippen LogP contribution in [0.5, 0.6) is 5.75 Å². The zero-order valence-corrected chi connectivity index (χ0v) is 15.2. The van der Waals surface area contributed by atoms with Crippen LogP contribution in [0.1, 0.15) is 37.7 Å². The number of hydrogen-bond acceptors (Lipinski definition) is 3. The van der Waals surface area contributed by atoms with Crippen LogP contribution in [0.3, 0.4) is 0 Å². The molecular formula is C18H29ClN2O2. The van der Waals surface area contributed by atoms with E-state index in [9.17, 15) is 4.79 Å². The van der Waals surface area contributed by atoms with Crippen molar-refractivity contribution in [3.8, 4) is 5.75 Å². The van der Waals surface area contributed by atoms with Gasteiger partial charge in [-0.1, -0.05) is 12.1 Å². The number of likely N-dealkylation sites (tertiary alicyclic amines) is 1. The third-order valence-electron chi connectivity index (χ3n) is 4.69. The molecule has 1 aliphatic rings. The molecular weight excluding hydrogens is 312 g/mol. The van der Waals surface area contributed by atoms with Crippen LogP contribution >= 0.6 is 12.4 Å². The minimum Gasteiger partial charge on any atom is -0.497 e. The molecule has 1 N–H and O–H groups in total. The lowest BCUT2D eigenvalue weighted by atomic mass is 9.92. The number of benzene rings is 1. The molecule has 4 nitrogen and oxygen atoms in total. The number of carbonyl (C=O) groups is 1. The fourth-order valence-electron chi connectivity index (χ4n) is 3.12. The van der Waals surface area contributed by atoms with E-state index in [0.29, 0.717) is 0 Å². The second-order valence-corrected chi connectivity index (χ2v) is 6.16. The molecule has 1 aromatic carbocycles. The maximum Gasteiger partial charge on any atom is 0.229 e. The molecule has 5 heteroatoms. The Labute approximate surface area is 146 Å². The van der Waals surface area contributed by atoms with E-state index in [-0.39, 0.29) is 24.2 Å². The van der Waals surface area contributed by atoms with E-state index in [2.05, 4.69) is 5.32 Å². The number of rotatable bonds is 6. The van der Waals surface area contributed by atoms with E-state index in [0.717, 1.165) is 49.7 Å². The van der Waals surface area contributed by atoms with Gasteiger partial charge in [-0.25, -0.2) is 0 Å². The van der Waals surface area contributed by atoms with Gasteiger partial charge in [0.1, 0.15) is 5.75 Å². The molecule has 1 heterocycles. The number of piperidine rings is 1. The number of amides is 1. The molecule has 0 bridgehead atoms. The summed E-state index contributed by atoms with van der Waals surface area (Å²) in [5.74, 6) is 1.69. The smallest absolute Gasteiger partial charge is 0.229 e. The Hall–Kier alpha value is -1.26. The molecule has 1 atom stereocenters. The van der Waals surface area contributed by atoms with Crippen molar-refractivity contribution in [2.45, 2.75) is 32.1 Å². The molecule has 23 heavy (non-hydrogen) atoms. The Bertz CT molecular complexity index is 488. The van der Waals surface area contributed by atoms with Crippen molar-refractivity contribution >= 4 is 18.3 Å². The summed E-state index contributed by atoms with van der Waals surface area (Å²) in [6.45, 7) is 4.84. The fraction of sp³-hybridized carbons (Fsp3) is 0.611. The Morgan fingerprint density at radius 1 is 1.39 bits per heavy atom. The van der Waals surface area contributed by atoms with Crippen molar-refractivity contribution in [2.24, 2.45) is 5.92 Å². The second-order valence-electron chi connectivity index (χ2n) is 6.16. The van der Waals surface area contributed by atoms with Gasteiger partial charge in [-0.2, -0.15) is 0 Å². The lowest BCUT2D eigenvalue weighted by Crippen LogP contribution is -2.41. The molecule has 0 radical (unpaired) electrons. The number of methoxy groups -OCH3 is 1. The topological polar surface area (TPSA) is 41.6 Å². The van der Waals surface area contributed by atoms with Crippen LogP contribution in [0.25, 0.3) is 0 Å². The highest BCUT2D eigenvalue weighted by atomic mass is 35.5. The van der Waals surface area contributed by atoms with E-state index in [4.69, 9.17) is 4.74 Å². The molecule has 0 spiro atoms. The van der Waals surface area contributed by atoms with Gasteiger partial charge >= 0.3 is 0 Å². The van der Waals surface area contributed by atoms with Crippen LogP contribution in [-0.2, 0) is 4.79 Å². The van der Waals surface area contributed by atoms with Crippen molar-refractivity contribution in [1.29, 1.82) is 0 Å². The maximum atomic E-state index is 12.7. The van der Waals surface area contributed by atoms with E-state index >= 15 is 0 Å². The van der Waals surface area contributed by atoms with Gasteiger partial charge < -0.3 is 15.0 Å². The number of nitrogens with zero attached hydrogens (tertiary/aromatic N) is 1. The van der Waals surface area contributed by atoms with Crippen LogP contribution in [0, 0.1) is 5.92 Å². The monoisotopic (exact) mass is 340 g/mol. The minimum absolute atomic E-state index is 0. The summed E-state index contributed by atoms with van der Waals surface area (Å²) in [5.41, 5.74) is 1.03. The Balaban J connectivity index is 0.00000264. The third-order valence-corrected chi connectivity index (χ3v) is 4.69. The quantitative estimate of drug-likeness (QED) is 0.865. The number of hydrogen-bond donors (Lipinski definition) is 1. The van der Waals surface area contributed by atoms with Gasteiger partial charge in [0.15, 0.2) is 0 Å². The highest BCUT2D eigenvalue weighted by Crippen LogP contribution is 2.26. The lowest BCUT2D eigenvalue weighted by molar-refractivity contribution is -0.133. The summed E-state index contributed by atoms with van der Waals surface area (Å²) in [7, 11) is 3.65. The molecule has 0 aliphatic carbocycles. The van der Waals surface area contributed by atoms with Crippen molar-refractivity contribution in [1.82, 2.24) is 10.2 Å². The molecule has 1 fully saturated rings. The van der Waals surface area contributed by atoms with Gasteiger partial charge in [-0.05, 0) is 63.4 Å². The van der Waals surface area contributed by atoms with Crippen LogP contribution in [0.2, 0.25) is 0 Å². The lowest BCUT2D eigenvalue weighted by Gasteiger charge is -2.33. The first-order valence-corrected chi connectivity index (χ1v) is 8.23. The SMILES string of the molecule is CNCCC1CCN(C(=O)C(C)c2cccc(OC)c2)CC1.Cl. The zero-order valence-electron chi connectivity index (χ0n) is 14.4. The predicted molar refractivity (Wildman–Crippen MR) is 96.5 cm³/mol. The molecule has 130 valence electrons. The molecule has 1 aliphatic heterocycles. The molecule has 0 saturated carbocycles.